The maximum absolute atomic E-state index is 10.3. The van der Waals surface area contributed by atoms with Gasteiger partial charge in [-0.25, -0.2) is 4.68 Å². The molecule has 1 rings (SSSR count). The number of hydrogen-bond acceptors (Lipinski definition) is 5. The van der Waals surface area contributed by atoms with Crippen LogP contribution in [0.3, 0.4) is 0 Å². The number of aryl methyl sites for hydroxylation is 1. The molecule has 1 heterocycles. The van der Waals surface area contributed by atoms with Gasteiger partial charge in [0, 0.05) is 0 Å². The molecule has 0 saturated heterocycles. The van der Waals surface area contributed by atoms with E-state index in [2.05, 4.69) is 27.7 Å². The van der Waals surface area contributed by atoms with Crippen molar-refractivity contribution in [3.05, 3.63) is 4.77 Å². The van der Waals surface area contributed by atoms with Crippen molar-refractivity contribution in [2.45, 2.75) is 6.54 Å². The number of hydrogen-bond donors (Lipinski definition) is 2. The fourth-order valence-corrected chi connectivity index (χ4v) is 1.15. The van der Waals surface area contributed by atoms with E-state index in [1.54, 1.807) is 0 Å². The van der Waals surface area contributed by atoms with E-state index < -0.39 is 15.9 Å². The van der Waals surface area contributed by atoms with Gasteiger partial charge in [0.1, 0.15) is 0 Å². The summed E-state index contributed by atoms with van der Waals surface area (Å²) in [5, 5.41) is 9.10. The second-order valence-electron chi connectivity index (χ2n) is 2.02. The van der Waals surface area contributed by atoms with Gasteiger partial charge in [-0.05, 0) is 12.2 Å². The molecule has 1 aromatic heterocycles. The molecule has 11 heteroatoms. The van der Waals surface area contributed by atoms with Crippen LogP contribution in [-0.4, -0.2) is 38.9 Å². The fourth-order valence-electron chi connectivity index (χ4n) is 0.568. The number of nitrogens with zero attached hydrogens (tertiary/aromatic N) is 3. The minimum absolute atomic E-state index is 0. The van der Waals surface area contributed by atoms with E-state index in [1.165, 1.54) is 4.68 Å². The van der Waals surface area contributed by atoms with Gasteiger partial charge in [0.2, 0.25) is 4.77 Å². The van der Waals surface area contributed by atoms with Crippen molar-refractivity contribution in [1.82, 2.24) is 20.2 Å². The smallest absolute Gasteiger partial charge is 1.00 e. The Bertz CT molecular complexity index is 420. The van der Waals surface area contributed by atoms with Crippen LogP contribution in [0.1, 0.15) is 2.85 Å². The zero-order valence-electron chi connectivity index (χ0n) is 9.84. The van der Waals surface area contributed by atoms with Crippen LogP contribution >= 0.6 is 12.2 Å². The second kappa shape index (κ2) is 7.47. The third-order valence-corrected chi connectivity index (χ3v) is 2.11. The Hall–Kier alpha value is 1.20. The maximum atomic E-state index is 10.3. The van der Waals surface area contributed by atoms with E-state index in [4.69, 9.17) is 4.55 Å². The molecule has 0 spiro atoms. The van der Waals surface area contributed by atoms with Crippen molar-refractivity contribution in [1.29, 1.82) is 0 Å². The fraction of sp³-hybridized carbons (Fsp3) is 0.667. The van der Waals surface area contributed by atoms with Crippen LogP contribution in [-0.2, 0) is 16.7 Å². The van der Waals surface area contributed by atoms with Crippen LogP contribution in [0.5, 0.6) is 0 Å². The van der Waals surface area contributed by atoms with E-state index in [-0.39, 0.29) is 73.3 Å². The third kappa shape index (κ3) is 6.64. The Morgan fingerprint density at radius 2 is 2.14 bits per heavy atom. The van der Waals surface area contributed by atoms with E-state index in [1.807, 2.05) is 0 Å². The molecule has 1 aromatic rings. The van der Waals surface area contributed by atoms with Crippen molar-refractivity contribution in [2.75, 3.05) is 5.75 Å². The molecule has 14 heavy (non-hydrogen) atoms. The van der Waals surface area contributed by atoms with Crippen LogP contribution in [0.2, 0.25) is 0 Å². The zero-order chi connectivity index (χ0) is 9.19. The Morgan fingerprint density at radius 3 is 2.50 bits per heavy atom. The SMILES string of the molecule is O=S(=O)(O)CCn1[nH]nnc1=S.[H-].[H-].[Na+].[Na+]. The molecule has 0 fully saturated rings. The number of H-pyrrole nitrogens is 1. The van der Waals surface area contributed by atoms with E-state index in [0.29, 0.717) is 0 Å². The van der Waals surface area contributed by atoms with Gasteiger partial charge >= 0.3 is 59.1 Å². The molecule has 0 unspecified atom stereocenters. The first-order chi connectivity index (χ1) is 5.49. The number of aromatic amines is 1. The molecular weight excluding hydrogens is 250 g/mol. The Balaban J connectivity index is -0.000000180. The number of rotatable bonds is 3. The number of nitrogens with one attached hydrogen (secondary N) is 1. The largest absolute Gasteiger partial charge is 1.00 e. The van der Waals surface area contributed by atoms with Crippen LogP contribution in [0.4, 0.5) is 0 Å². The summed E-state index contributed by atoms with van der Waals surface area (Å²) in [5.74, 6) is -0.412. The summed E-state index contributed by atoms with van der Waals surface area (Å²) in [6, 6.07) is 0. The van der Waals surface area contributed by atoms with Crippen molar-refractivity contribution in [3.8, 4) is 0 Å². The Labute approximate surface area is 133 Å². The zero-order valence-corrected chi connectivity index (χ0v) is 13.5. The molecule has 0 saturated carbocycles. The summed E-state index contributed by atoms with van der Waals surface area (Å²) in [5.41, 5.74) is 0. The van der Waals surface area contributed by atoms with Gasteiger partial charge in [-0.2, -0.15) is 13.6 Å². The summed E-state index contributed by atoms with van der Waals surface area (Å²) in [4.78, 5) is 0. The molecule has 0 aromatic carbocycles. The Morgan fingerprint density at radius 1 is 1.57 bits per heavy atom. The first kappa shape index (κ1) is 17.6. The van der Waals surface area contributed by atoms with Crippen LogP contribution in [0.15, 0.2) is 0 Å². The summed E-state index contributed by atoms with van der Waals surface area (Å²) < 4.78 is 30.4. The third-order valence-electron chi connectivity index (χ3n) is 1.10. The topological polar surface area (TPSA) is 101 Å². The van der Waals surface area contributed by atoms with Crippen molar-refractivity contribution in [2.24, 2.45) is 0 Å². The molecule has 0 aliphatic carbocycles. The van der Waals surface area contributed by atoms with Gasteiger partial charge in [-0.15, -0.1) is 0 Å². The first-order valence-corrected chi connectivity index (χ1v) is 4.94. The van der Waals surface area contributed by atoms with Gasteiger partial charge in [0.25, 0.3) is 10.1 Å². The monoisotopic (exact) mass is 258 g/mol. The van der Waals surface area contributed by atoms with Crippen molar-refractivity contribution < 1.29 is 74.9 Å². The number of aromatic nitrogens is 4. The molecule has 0 atom stereocenters. The minimum Gasteiger partial charge on any atom is -1.00 e. The molecule has 0 amide bonds. The van der Waals surface area contributed by atoms with Gasteiger partial charge in [0.15, 0.2) is 0 Å². The summed E-state index contributed by atoms with van der Waals surface area (Å²) in [6.45, 7) is 0.0185. The molecule has 0 radical (unpaired) electrons. The standard InChI is InChI=1S/C3H6N4O3S2.2Na.2H/c8-12(9,10)2-1-7-3(11)4-5-6-7;;;;/h1-2H2,(H,4,6,11)(H,8,9,10);;;;/q;2*+1;2*-1. The quantitative estimate of drug-likeness (QED) is 0.317. The molecule has 72 valence electrons. The Kier molecular flexibility index (Phi) is 9.39. The van der Waals surface area contributed by atoms with Crippen molar-refractivity contribution in [3.63, 3.8) is 0 Å². The normalized spacial score (nSPS) is 10.1. The molecular formula is C3H8N4Na2O3S2. The predicted molar refractivity (Wildman–Crippen MR) is 43.8 cm³/mol. The van der Waals surface area contributed by atoms with Gasteiger partial charge in [-0.3, -0.25) is 4.55 Å². The molecule has 0 aliphatic heterocycles. The van der Waals surface area contributed by atoms with Crippen LogP contribution < -0.4 is 59.1 Å². The van der Waals surface area contributed by atoms with E-state index in [0.717, 1.165) is 0 Å². The van der Waals surface area contributed by atoms with E-state index in [9.17, 15) is 8.42 Å². The van der Waals surface area contributed by atoms with Gasteiger partial charge in [0.05, 0.1) is 12.3 Å². The van der Waals surface area contributed by atoms with Crippen LogP contribution in [0, 0.1) is 4.77 Å². The molecule has 2 N–H and O–H groups in total. The van der Waals surface area contributed by atoms with Gasteiger partial charge < -0.3 is 2.85 Å². The number of tetrazole rings is 1. The molecule has 0 bridgehead atoms. The summed E-state index contributed by atoms with van der Waals surface area (Å²) in [7, 11) is -3.96. The maximum Gasteiger partial charge on any atom is 1.00 e. The first-order valence-electron chi connectivity index (χ1n) is 2.92. The average molecular weight is 258 g/mol. The molecule has 0 aliphatic rings. The van der Waals surface area contributed by atoms with Gasteiger partial charge in [-0.1, -0.05) is 10.3 Å². The van der Waals surface area contributed by atoms with E-state index >= 15 is 0 Å². The summed E-state index contributed by atoms with van der Waals surface area (Å²) in [6.07, 6.45) is 0. The molecule has 7 nitrogen and oxygen atoms in total. The summed E-state index contributed by atoms with van der Waals surface area (Å²) >= 11 is 4.66. The van der Waals surface area contributed by atoms with Crippen LogP contribution in [0.25, 0.3) is 0 Å². The van der Waals surface area contributed by atoms with Crippen molar-refractivity contribution >= 4 is 22.3 Å². The predicted octanol–water partition coefficient (Wildman–Crippen LogP) is -6.54. The minimum atomic E-state index is -3.96. The second-order valence-corrected chi connectivity index (χ2v) is 3.96. The average Bonchev–Trinajstić information content (AvgIpc) is 2.29.